The Morgan fingerprint density at radius 1 is 1.21 bits per heavy atom. The minimum absolute atomic E-state index is 0.111. The van der Waals surface area contributed by atoms with Gasteiger partial charge in [0.05, 0.1) is 13.0 Å². The van der Waals surface area contributed by atoms with Crippen LogP contribution in [0, 0.1) is 6.92 Å². The Labute approximate surface area is 138 Å². The number of amides is 1. The number of carboxylic acids is 1. The van der Waals surface area contributed by atoms with Crippen molar-refractivity contribution in [2.75, 3.05) is 13.8 Å². The molecule has 1 N–H and O–H groups in total. The molecule has 3 rings (SSSR count). The summed E-state index contributed by atoms with van der Waals surface area (Å²) in [6.07, 6.45) is 0.207. The monoisotopic (exact) mass is 331 g/mol. The molecule has 0 saturated heterocycles. The molecule has 2 aromatic rings. The summed E-state index contributed by atoms with van der Waals surface area (Å²) in [5.41, 5.74) is 0.930. The summed E-state index contributed by atoms with van der Waals surface area (Å²) in [5.74, 6) is 0.916. The first kappa shape index (κ1) is 15.9. The number of nitrogens with zero attached hydrogens (tertiary/aromatic N) is 1. The van der Waals surface area contributed by atoms with Gasteiger partial charge in [-0.3, -0.25) is 4.79 Å². The van der Waals surface area contributed by atoms with Crippen LogP contribution in [0.2, 0.25) is 0 Å². The molecule has 1 aromatic heterocycles. The first-order chi connectivity index (χ1) is 11.4. The van der Waals surface area contributed by atoms with E-state index in [4.69, 9.17) is 19.0 Å². The minimum atomic E-state index is -1.04. The highest BCUT2D eigenvalue weighted by atomic mass is 16.7. The molecule has 1 aromatic carbocycles. The van der Waals surface area contributed by atoms with E-state index >= 15 is 0 Å². The third-order valence-corrected chi connectivity index (χ3v) is 3.81. The first-order valence-corrected chi connectivity index (χ1v) is 7.39. The van der Waals surface area contributed by atoms with Crippen LogP contribution in [0.25, 0.3) is 0 Å². The fourth-order valence-corrected chi connectivity index (χ4v) is 2.52. The van der Waals surface area contributed by atoms with Crippen molar-refractivity contribution in [3.05, 3.63) is 46.9 Å². The number of ether oxygens (including phenoxy) is 2. The quantitative estimate of drug-likeness (QED) is 0.903. The molecule has 0 fully saturated rings. The van der Waals surface area contributed by atoms with E-state index in [0.29, 0.717) is 23.0 Å². The Morgan fingerprint density at radius 3 is 2.67 bits per heavy atom. The maximum absolute atomic E-state index is 12.3. The number of furan rings is 1. The van der Waals surface area contributed by atoms with Crippen LogP contribution in [0.4, 0.5) is 0 Å². The Morgan fingerprint density at radius 2 is 1.96 bits per heavy atom. The fourth-order valence-electron chi connectivity index (χ4n) is 2.52. The van der Waals surface area contributed by atoms with Gasteiger partial charge in [-0.25, -0.2) is 4.79 Å². The lowest BCUT2D eigenvalue weighted by atomic mass is 10.1. The van der Waals surface area contributed by atoms with E-state index < -0.39 is 5.97 Å². The van der Waals surface area contributed by atoms with Crippen molar-refractivity contribution in [2.45, 2.75) is 19.9 Å². The molecule has 0 radical (unpaired) electrons. The zero-order valence-electron chi connectivity index (χ0n) is 13.4. The van der Waals surface area contributed by atoms with E-state index in [1.165, 1.54) is 11.0 Å². The van der Waals surface area contributed by atoms with E-state index in [2.05, 4.69) is 0 Å². The van der Waals surface area contributed by atoms with Crippen molar-refractivity contribution < 1.29 is 28.6 Å². The van der Waals surface area contributed by atoms with Crippen LogP contribution in [-0.2, 0) is 17.8 Å². The zero-order valence-corrected chi connectivity index (χ0v) is 13.4. The average Bonchev–Trinajstić information content (AvgIpc) is 3.13. The second-order valence-electron chi connectivity index (χ2n) is 5.60. The molecule has 0 spiro atoms. The van der Waals surface area contributed by atoms with Crippen molar-refractivity contribution in [3.63, 3.8) is 0 Å². The van der Waals surface area contributed by atoms with E-state index in [1.807, 2.05) is 6.07 Å². The Balaban J connectivity index is 1.64. The molecule has 1 aliphatic rings. The molecule has 7 nitrogen and oxygen atoms in total. The van der Waals surface area contributed by atoms with Gasteiger partial charge in [0, 0.05) is 7.05 Å². The molecule has 1 aliphatic heterocycles. The van der Waals surface area contributed by atoms with Gasteiger partial charge < -0.3 is 23.9 Å². The SMILES string of the molecule is Cc1oc(CN(C)C(=O)Cc2ccc3c(c2)OCO3)cc1C(=O)O. The van der Waals surface area contributed by atoms with E-state index in [1.54, 1.807) is 26.1 Å². The molecule has 0 unspecified atom stereocenters. The van der Waals surface area contributed by atoms with Gasteiger partial charge in [0.2, 0.25) is 12.7 Å². The number of rotatable bonds is 5. The second-order valence-corrected chi connectivity index (χ2v) is 5.60. The predicted molar refractivity (Wildman–Crippen MR) is 83.1 cm³/mol. The summed E-state index contributed by atoms with van der Waals surface area (Å²) in [7, 11) is 1.65. The van der Waals surface area contributed by atoms with Gasteiger partial charge in [-0.05, 0) is 30.7 Å². The molecule has 0 aliphatic carbocycles. The number of hydrogen-bond donors (Lipinski definition) is 1. The molecule has 0 saturated carbocycles. The molecular formula is C17H17NO6. The number of benzene rings is 1. The Kier molecular flexibility index (Phi) is 4.16. The number of carbonyl (C=O) groups is 2. The molecule has 0 bridgehead atoms. The van der Waals surface area contributed by atoms with Crippen LogP contribution >= 0.6 is 0 Å². The summed E-state index contributed by atoms with van der Waals surface area (Å²) in [4.78, 5) is 24.9. The number of carbonyl (C=O) groups excluding carboxylic acids is 1. The molecule has 0 atom stereocenters. The lowest BCUT2D eigenvalue weighted by Crippen LogP contribution is -2.27. The Hall–Kier alpha value is -2.96. The van der Waals surface area contributed by atoms with E-state index in [9.17, 15) is 9.59 Å². The largest absolute Gasteiger partial charge is 0.478 e. The minimum Gasteiger partial charge on any atom is -0.478 e. The number of likely N-dealkylation sites (N-methyl/N-ethyl adjacent to an activating group) is 1. The molecule has 1 amide bonds. The van der Waals surface area contributed by atoms with Crippen molar-refractivity contribution >= 4 is 11.9 Å². The number of aryl methyl sites for hydroxylation is 1. The fraction of sp³-hybridized carbons (Fsp3) is 0.294. The molecule has 7 heteroatoms. The maximum atomic E-state index is 12.3. The van der Waals surface area contributed by atoms with Crippen molar-refractivity contribution in [1.82, 2.24) is 4.90 Å². The van der Waals surface area contributed by atoms with Gasteiger partial charge in [0.15, 0.2) is 11.5 Å². The molecule has 2 heterocycles. The van der Waals surface area contributed by atoms with Crippen molar-refractivity contribution in [3.8, 4) is 11.5 Å². The molecule has 24 heavy (non-hydrogen) atoms. The van der Waals surface area contributed by atoms with Gasteiger partial charge in [0.1, 0.15) is 17.1 Å². The van der Waals surface area contributed by atoms with Gasteiger partial charge in [0.25, 0.3) is 0 Å². The topological polar surface area (TPSA) is 89.2 Å². The molecular weight excluding hydrogens is 314 g/mol. The van der Waals surface area contributed by atoms with Crippen molar-refractivity contribution in [2.24, 2.45) is 0 Å². The maximum Gasteiger partial charge on any atom is 0.339 e. The van der Waals surface area contributed by atoms with E-state index in [-0.39, 0.29) is 31.2 Å². The highest BCUT2D eigenvalue weighted by Gasteiger charge is 2.18. The van der Waals surface area contributed by atoms with Crippen LogP contribution in [0.15, 0.2) is 28.7 Å². The summed E-state index contributed by atoms with van der Waals surface area (Å²) in [5, 5.41) is 9.03. The van der Waals surface area contributed by atoms with Crippen LogP contribution in [0.5, 0.6) is 11.5 Å². The van der Waals surface area contributed by atoms with E-state index in [0.717, 1.165) is 5.56 Å². The van der Waals surface area contributed by atoms with Crippen molar-refractivity contribution in [1.29, 1.82) is 0 Å². The van der Waals surface area contributed by atoms with Gasteiger partial charge in [-0.1, -0.05) is 6.07 Å². The van der Waals surface area contributed by atoms with Gasteiger partial charge in [-0.15, -0.1) is 0 Å². The predicted octanol–water partition coefficient (Wildman–Crippen LogP) is 2.22. The van der Waals surface area contributed by atoms with Crippen LogP contribution in [-0.4, -0.2) is 35.7 Å². The number of aromatic carboxylic acids is 1. The number of carboxylic acid groups (broad SMARTS) is 1. The standard InChI is InChI=1S/C17H17NO6/c1-10-13(17(20)21)7-12(24-10)8-18(2)16(19)6-11-3-4-14-15(5-11)23-9-22-14/h3-5,7H,6,8-9H2,1-2H3,(H,20,21). The summed E-state index contributed by atoms with van der Waals surface area (Å²) in [6.45, 7) is 1.98. The summed E-state index contributed by atoms with van der Waals surface area (Å²) in [6, 6.07) is 6.83. The third kappa shape index (κ3) is 3.19. The highest BCUT2D eigenvalue weighted by molar-refractivity contribution is 5.88. The van der Waals surface area contributed by atoms with Crippen LogP contribution in [0.1, 0.15) is 27.4 Å². The smallest absolute Gasteiger partial charge is 0.339 e. The summed E-state index contributed by atoms with van der Waals surface area (Å²) >= 11 is 0. The number of fused-ring (bicyclic) bond motifs is 1. The lowest BCUT2D eigenvalue weighted by Gasteiger charge is -2.15. The first-order valence-electron chi connectivity index (χ1n) is 7.39. The zero-order chi connectivity index (χ0) is 17.3. The van der Waals surface area contributed by atoms with Gasteiger partial charge in [-0.2, -0.15) is 0 Å². The highest BCUT2D eigenvalue weighted by Crippen LogP contribution is 2.32. The van der Waals surface area contributed by atoms with Gasteiger partial charge >= 0.3 is 5.97 Å². The second kappa shape index (κ2) is 6.27. The average molecular weight is 331 g/mol. The lowest BCUT2D eigenvalue weighted by molar-refractivity contribution is -0.129. The number of hydrogen-bond acceptors (Lipinski definition) is 5. The molecule has 126 valence electrons. The Bertz CT molecular complexity index is 794. The van der Waals surface area contributed by atoms with Crippen LogP contribution < -0.4 is 9.47 Å². The summed E-state index contributed by atoms with van der Waals surface area (Å²) < 4.78 is 15.9. The normalized spacial score (nSPS) is 12.2. The third-order valence-electron chi connectivity index (χ3n) is 3.81. The van der Waals surface area contributed by atoms with Crippen LogP contribution in [0.3, 0.4) is 0 Å².